The second-order valence-electron chi connectivity index (χ2n) is 14.6. The van der Waals surface area contributed by atoms with Gasteiger partial charge < -0.3 is 18.9 Å². The van der Waals surface area contributed by atoms with Crippen molar-refractivity contribution in [3.63, 3.8) is 0 Å². The molecule has 2 atom stereocenters. The van der Waals surface area contributed by atoms with Crippen LogP contribution in [-0.4, -0.2) is 75.6 Å². The maximum atomic E-state index is 12.6. The predicted molar refractivity (Wildman–Crippen MR) is 228 cm³/mol. The predicted octanol–water partition coefficient (Wildman–Crippen LogP) is 12.1. The Morgan fingerprint density at radius 3 is 1.63 bits per heavy atom. The van der Waals surface area contributed by atoms with E-state index in [2.05, 4.69) is 98.9 Å². The van der Waals surface area contributed by atoms with Gasteiger partial charge in [-0.05, 0) is 83.5 Å². The average molecular weight is 777 g/mol. The van der Waals surface area contributed by atoms with Crippen LogP contribution in [-0.2, 0) is 27.9 Å². The van der Waals surface area contributed by atoms with Crippen molar-refractivity contribution in [2.24, 2.45) is 0 Å². The summed E-state index contributed by atoms with van der Waals surface area (Å²) in [6.07, 6.45) is 49.1. The lowest BCUT2D eigenvalue weighted by Crippen LogP contribution is -2.37. The maximum absolute atomic E-state index is 12.6. The van der Waals surface area contributed by atoms with Crippen LogP contribution in [0.5, 0.6) is 0 Å². The van der Waals surface area contributed by atoms with Crippen LogP contribution in [0.25, 0.3) is 0 Å². The zero-order valence-corrected chi connectivity index (χ0v) is 35.8. The SMILES string of the molecule is CC/C=C\C/C=C\C/C=C\C/C=C\C/C=C\C/C=C\CCCCCOCC(COP(=O)(O)OCC[N+](C)(C)C)OC(=O)CCCCCCC/C=C\CCC. The Morgan fingerprint density at radius 2 is 1.07 bits per heavy atom. The molecule has 310 valence electrons. The van der Waals surface area contributed by atoms with Gasteiger partial charge in [0.15, 0.2) is 0 Å². The van der Waals surface area contributed by atoms with Crippen LogP contribution in [0.3, 0.4) is 0 Å². The van der Waals surface area contributed by atoms with E-state index in [1.165, 1.54) is 12.8 Å². The molecule has 1 N–H and O–H groups in total. The highest BCUT2D eigenvalue weighted by atomic mass is 31.2. The Morgan fingerprint density at radius 1 is 0.593 bits per heavy atom. The first-order valence-electron chi connectivity index (χ1n) is 20.8. The van der Waals surface area contributed by atoms with Crippen LogP contribution in [0.15, 0.2) is 85.1 Å². The third kappa shape index (κ3) is 40.9. The van der Waals surface area contributed by atoms with Gasteiger partial charge in [-0.3, -0.25) is 13.8 Å². The summed E-state index contributed by atoms with van der Waals surface area (Å²) in [7, 11) is 1.62. The number of ether oxygens (including phenoxy) is 2. The molecule has 0 aromatic heterocycles. The van der Waals surface area contributed by atoms with Crippen molar-refractivity contribution in [2.75, 3.05) is 54.1 Å². The molecule has 0 aliphatic rings. The molecule has 0 amide bonds. The minimum absolute atomic E-state index is 0.0752. The standard InChI is InChI=1S/C45H78NO7P/c1-6-8-10-12-14-16-18-19-20-21-22-23-24-25-26-27-28-29-31-33-35-37-40-50-42-44(43-52-54(48,49)51-41-39-46(3,4)5)53-45(47)38-36-34-32-30-17-15-13-11-9-7-2/h8,10-11,13-14,16,19-20,22-23,25-26,28-29,44H,6-7,9,12,15,17-18,21,24,27,30-43H2,1-5H3/p+1/b10-8-,13-11-,16-14-,20-19-,23-22-,26-25-,29-28-. The molecule has 0 bridgehead atoms. The van der Waals surface area contributed by atoms with Crippen LogP contribution >= 0.6 is 7.82 Å². The first kappa shape index (κ1) is 51.7. The average Bonchev–Trinajstić information content (AvgIpc) is 3.12. The van der Waals surface area contributed by atoms with Crippen LogP contribution in [0.4, 0.5) is 0 Å². The van der Waals surface area contributed by atoms with E-state index in [0.717, 1.165) is 103 Å². The van der Waals surface area contributed by atoms with Crippen LogP contribution < -0.4 is 0 Å². The van der Waals surface area contributed by atoms with Gasteiger partial charge in [-0.25, -0.2) is 4.57 Å². The van der Waals surface area contributed by atoms with E-state index in [4.69, 9.17) is 18.5 Å². The first-order valence-corrected chi connectivity index (χ1v) is 22.3. The highest BCUT2D eigenvalue weighted by Crippen LogP contribution is 2.43. The summed E-state index contributed by atoms with van der Waals surface area (Å²) in [5.41, 5.74) is 0. The molecule has 0 aromatic rings. The van der Waals surface area contributed by atoms with E-state index in [9.17, 15) is 14.3 Å². The molecule has 8 nitrogen and oxygen atoms in total. The smallest absolute Gasteiger partial charge is 0.457 e. The van der Waals surface area contributed by atoms with E-state index in [0.29, 0.717) is 24.1 Å². The van der Waals surface area contributed by atoms with E-state index >= 15 is 0 Å². The number of esters is 1. The summed E-state index contributed by atoms with van der Waals surface area (Å²) in [5.74, 6) is -0.343. The number of carbonyl (C=O) groups excluding carboxylic acids is 1. The molecular weight excluding hydrogens is 697 g/mol. The molecule has 0 rings (SSSR count). The molecule has 54 heavy (non-hydrogen) atoms. The molecule has 0 heterocycles. The van der Waals surface area contributed by atoms with Crippen molar-refractivity contribution in [1.82, 2.24) is 0 Å². The van der Waals surface area contributed by atoms with E-state index in [1.807, 2.05) is 21.1 Å². The summed E-state index contributed by atoms with van der Waals surface area (Å²) >= 11 is 0. The number of phosphoric ester groups is 1. The molecule has 2 unspecified atom stereocenters. The number of hydrogen-bond donors (Lipinski definition) is 1. The minimum atomic E-state index is -4.29. The molecule has 0 spiro atoms. The topological polar surface area (TPSA) is 91.3 Å². The van der Waals surface area contributed by atoms with Gasteiger partial charge >= 0.3 is 13.8 Å². The minimum Gasteiger partial charge on any atom is -0.457 e. The number of likely N-dealkylation sites (N-methyl/N-ethyl adjacent to an activating group) is 1. The number of hydrogen-bond acceptors (Lipinski definition) is 6. The molecule has 0 aliphatic heterocycles. The summed E-state index contributed by atoms with van der Waals surface area (Å²) < 4.78 is 34.8. The van der Waals surface area contributed by atoms with Gasteiger partial charge in [0.25, 0.3) is 0 Å². The Balaban J connectivity index is 4.30. The van der Waals surface area contributed by atoms with E-state index < -0.39 is 13.9 Å². The number of nitrogens with zero attached hydrogens (tertiary/aromatic N) is 1. The fraction of sp³-hybridized carbons (Fsp3) is 0.667. The van der Waals surface area contributed by atoms with Crippen molar-refractivity contribution in [3.8, 4) is 0 Å². The van der Waals surface area contributed by atoms with Crippen molar-refractivity contribution in [3.05, 3.63) is 85.1 Å². The highest BCUT2D eigenvalue weighted by Gasteiger charge is 2.26. The highest BCUT2D eigenvalue weighted by molar-refractivity contribution is 7.47. The quantitative estimate of drug-likeness (QED) is 0.0221. The zero-order chi connectivity index (χ0) is 39.9. The fourth-order valence-corrected chi connectivity index (χ4v) is 5.71. The van der Waals surface area contributed by atoms with E-state index in [-0.39, 0.29) is 25.8 Å². The van der Waals surface area contributed by atoms with Gasteiger partial charge in [0.1, 0.15) is 19.3 Å². The van der Waals surface area contributed by atoms with Crippen molar-refractivity contribution < 1.29 is 37.3 Å². The second kappa shape index (κ2) is 37.6. The summed E-state index contributed by atoms with van der Waals surface area (Å²) in [4.78, 5) is 22.8. The van der Waals surface area contributed by atoms with E-state index in [1.54, 1.807) is 0 Å². The van der Waals surface area contributed by atoms with Crippen LogP contribution in [0, 0.1) is 0 Å². The fourth-order valence-electron chi connectivity index (χ4n) is 4.97. The zero-order valence-electron chi connectivity index (χ0n) is 34.9. The lowest BCUT2D eigenvalue weighted by atomic mass is 10.1. The summed E-state index contributed by atoms with van der Waals surface area (Å²) in [5, 5.41) is 0. The normalized spacial score (nSPS) is 14.7. The molecule has 0 radical (unpaired) electrons. The molecule has 0 fully saturated rings. The lowest BCUT2D eigenvalue weighted by molar-refractivity contribution is -0.870. The Hall–Kier alpha value is -2.32. The van der Waals surface area contributed by atoms with Crippen molar-refractivity contribution >= 4 is 13.8 Å². The van der Waals surface area contributed by atoms with Crippen LogP contribution in [0.2, 0.25) is 0 Å². The monoisotopic (exact) mass is 777 g/mol. The largest absolute Gasteiger partial charge is 0.472 e. The molecule has 0 aromatic carbocycles. The van der Waals surface area contributed by atoms with Gasteiger partial charge in [-0.2, -0.15) is 0 Å². The number of allylic oxidation sites excluding steroid dienone is 14. The van der Waals surface area contributed by atoms with Crippen molar-refractivity contribution in [2.45, 2.75) is 142 Å². The van der Waals surface area contributed by atoms with Crippen molar-refractivity contribution in [1.29, 1.82) is 0 Å². The van der Waals surface area contributed by atoms with Crippen LogP contribution in [0.1, 0.15) is 136 Å². The van der Waals surface area contributed by atoms with Gasteiger partial charge in [0, 0.05) is 13.0 Å². The Bertz CT molecular complexity index is 1130. The van der Waals surface area contributed by atoms with Gasteiger partial charge in [0.2, 0.25) is 0 Å². The molecular formula is C45H79NO7P+. The Labute approximate surface area is 331 Å². The molecule has 0 aliphatic carbocycles. The third-order valence-electron chi connectivity index (χ3n) is 8.17. The maximum Gasteiger partial charge on any atom is 0.472 e. The number of carbonyl (C=O) groups is 1. The van der Waals surface area contributed by atoms with Gasteiger partial charge in [0.05, 0.1) is 34.4 Å². The second-order valence-corrected chi connectivity index (χ2v) is 16.1. The number of rotatable bonds is 37. The van der Waals surface area contributed by atoms with Gasteiger partial charge in [-0.1, -0.05) is 131 Å². The first-order chi connectivity index (χ1) is 26.1. The molecule has 0 saturated carbocycles. The molecule has 9 heteroatoms. The Kier molecular flexibility index (Phi) is 36.0. The lowest BCUT2D eigenvalue weighted by Gasteiger charge is -2.24. The third-order valence-corrected chi connectivity index (χ3v) is 9.16. The number of phosphoric acid groups is 1. The number of quaternary nitrogens is 1. The summed E-state index contributed by atoms with van der Waals surface area (Å²) in [6.45, 7) is 5.31. The number of unbranched alkanes of at least 4 members (excludes halogenated alkanes) is 9. The van der Waals surface area contributed by atoms with Gasteiger partial charge in [-0.15, -0.1) is 0 Å². The summed E-state index contributed by atoms with van der Waals surface area (Å²) in [6, 6.07) is 0. The molecule has 0 saturated heterocycles.